The molecule has 20 heavy (non-hydrogen) atoms. The fraction of sp³-hybridized carbons (Fsp3) is 0.538. The van der Waals surface area contributed by atoms with Crippen molar-refractivity contribution in [1.29, 1.82) is 0 Å². The summed E-state index contributed by atoms with van der Waals surface area (Å²) in [4.78, 5) is -0.679. The van der Waals surface area contributed by atoms with Gasteiger partial charge in [-0.3, -0.25) is 0 Å². The maximum atomic E-state index is 13.9. The molecule has 1 aromatic rings. The lowest BCUT2D eigenvalue weighted by Gasteiger charge is -2.27. The molecule has 7 heteroatoms. The molecule has 2 rings (SSSR count). The predicted octanol–water partition coefficient (Wildman–Crippen LogP) is 2.50. The molecule has 0 bridgehead atoms. The number of benzene rings is 1. The van der Waals surface area contributed by atoms with Gasteiger partial charge in [0.25, 0.3) is 0 Å². The van der Waals surface area contributed by atoms with E-state index in [1.807, 2.05) is 6.92 Å². The molecular formula is C13H18F2N2O2S. The van der Waals surface area contributed by atoms with Gasteiger partial charge in [0.1, 0.15) is 4.90 Å². The maximum Gasteiger partial charge on any atom is 0.246 e. The molecule has 1 aliphatic heterocycles. The fourth-order valence-electron chi connectivity index (χ4n) is 2.75. The molecule has 4 nitrogen and oxygen atoms in total. The van der Waals surface area contributed by atoms with Crippen LogP contribution in [0, 0.1) is 11.6 Å². The van der Waals surface area contributed by atoms with Crippen LogP contribution in [0.3, 0.4) is 0 Å². The first kappa shape index (κ1) is 15.2. The number of sulfonamides is 1. The van der Waals surface area contributed by atoms with Crippen molar-refractivity contribution < 1.29 is 17.2 Å². The summed E-state index contributed by atoms with van der Waals surface area (Å²) in [6.07, 6.45) is 2.07. The summed E-state index contributed by atoms with van der Waals surface area (Å²) < 4.78 is 53.7. The van der Waals surface area contributed by atoms with E-state index in [4.69, 9.17) is 5.73 Å². The summed E-state index contributed by atoms with van der Waals surface area (Å²) in [6, 6.07) is 1.35. The molecule has 0 saturated carbocycles. The first-order chi connectivity index (χ1) is 9.28. The van der Waals surface area contributed by atoms with Crippen molar-refractivity contribution in [2.24, 2.45) is 0 Å². The quantitative estimate of drug-likeness (QED) is 0.873. The van der Waals surface area contributed by atoms with Crippen LogP contribution in [0.15, 0.2) is 17.0 Å². The SMILES string of the molecule is CCC1CCC(C)N1S(=O)(=O)c1cc(N)cc(F)c1F. The molecule has 0 aromatic heterocycles. The molecule has 0 aliphatic carbocycles. The van der Waals surface area contributed by atoms with Gasteiger partial charge in [-0.2, -0.15) is 4.31 Å². The molecule has 1 aromatic carbocycles. The number of nitrogens with zero attached hydrogens (tertiary/aromatic N) is 1. The van der Waals surface area contributed by atoms with Gasteiger partial charge in [-0.05, 0) is 38.3 Å². The van der Waals surface area contributed by atoms with Gasteiger partial charge >= 0.3 is 0 Å². The van der Waals surface area contributed by atoms with Crippen molar-refractivity contribution >= 4 is 15.7 Å². The van der Waals surface area contributed by atoms with E-state index in [1.165, 1.54) is 4.31 Å². The standard InChI is InChI=1S/C13H18F2N2O2S/c1-3-10-5-4-8(2)17(10)20(18,19)12-7-9(16)6-11(14)13(12)15/h6-8,10H,3-5,16H2,1-2H3. The molecule has 2 atom stereocenters. The molecule has 112 valence electrons. The fourth-order valence-corrected chi connectivity index (χ4v) is 4.81. The molecule has 2 N–H and O–H groups in total. The molecule has 1 heterocycles. The van der Waals surface area contributed by atoms with E-state index in [9.17, 15) is 17.2 Å². The van der Waals surface area contributed by atoms with E-state index < -0.39 is 26.6 Å². The summed E-state index contributed by atoms with van der Waals surface area (Å²) in [5, 5.41) is 0. The van der Waals surface area contributed by atoms with Crippen molar-refractivity contribution in [1.82, 2.24) is 4.31 Å². The average molecular weight is 304 g/mol. The van der Waals surface area contributed by atoms with Crippen molar-refractivity contribution in [3.05, 3.63) is 23.8 Å². The Hall–Kier alpha value is -1.21. The van der Waals surface area contributed by atoms with Crippen LogP contribution in [0.2, 0.25) is 0 Å². The van der Waals surface area contributed by atoms with Crippen LogP contribution in [0.1, 0.15) is 33.1 Å². The van der Waals surface area contributed by atoms with Gasteiger partial charge in [-0.25, -0.2) is 17.2 Å². The molecule has 0 amide bonds. The van der Waals surface area contributed by atoms with E-state index >= 15 is 0 Å². The number of hydrogen-bond acceptors (Lipinski definition) is 3. The number of nitrogens with two attached hydrogens (primary N) is 1. The summed E-state index contributed by atoms with van der Waals surface area (Å²) in [6.45, 7) is 3.65. The van der Waals surface area contributed by atoms with Crippen LogP contribution in [0.5, 0.6) is 0 Å². The molecule has 1 fully saturated rings. The van der Waals surface area contributed by atoms with Gasteiger partial charge in [0.2, 0.25) is 10.0 Å². The predicted molar refractivity (Wildman–Crippen MR) is 72.6 cm³/mol. The zero-order chi connectivity index (χ0) is 15.1. The van der Waals surface area contributed by atoms with Crippen LogP contribution in [-0.2, 0) is 10.0 Å². The third-order valence-corrected chi connectivity index (χ3v) is 5.82. The monoisotopic (exact) mass is 304 g/mol. The molecule has 0 spiro atoms. The Bertz CT molecular complexity index is 619. The van der Waals surface area contributed by atoms with Gasteiger partial charge in [0, 0.05) is 17.8 Å². The van der Waals surface area contributed by atoms with Gasteiger partial charge in [-0.1, -0.05) is 6.92 Å². The maximum absolute atomic E-state index is 13.9. The second-order valence-corrected chi connectivity index (χ2v) is 6.95. The average Bonchev–Trinajstić information content (AvgIpc) is 2.75. The third kappa shape index (κ3) is 2.40. The highest BCUT2D eigenvalue weighted by molar-refractivity contribution is 7.89. The molecular weight excluding hydrogens is 286 g/mol. The Morgan fingerprint density at radius 1 is 1.35 bits per heavy atom. The summed E-state index contributed by atoms with van der Waals surface area (Å²) >= 11 is 0. The van der Waals surface area contributed by atoms with Gasteiger partial charge < -0.3 is 5.73 Å². The lowest BCUT2D eigenvalue weighted by atomic mass is 10.2. The summed E-state index contributed by atoms with van der Waals surface area (Å²) in [5.74, 6) is -2.61. The second kappa shape index (κ2) is 5.29. The lowest BCUT2D eigenvalue weighted by molar-refractivity contribution is 0.326. The number of anilines is 1. The normalized spacial score (nSPS) is 24.2. The van der Waals surface area contributed by atoms with Crippen molar-refractivity contribution in [3.8, 4) is 0 Å². The zero-order valence-corrected chi connectivity index (χ0v) is 12.3. The highest BCUT2D eigenvalue weighted by Gasteiger charge is 2.40. The number of rotatable bonds is 3. The van der Waals surface area contributed by atoms with Gasteiger partial charge in [0.15, 0.2) is 11.6 Å². The molecule has 0 radical (unpaired) electrons. The minimum absolute atomic E-state index is 0.109. The van der Waals surface area contributed by atoms with Crippen LogP contribution >= 0.6 is 0 Å². The Kier molecular flexibility index (Phi) is 4.02. The number of nitrogen functional groups attached to an aromatic ring is 1. The van der Waals surface area contributed by atoms with E-state index in [1.54, 1.807) is 6.92 Å². The van der Waals surface area contributed by atoms with Gasteiger partial charge in [0.05, 0.1) is 0 Å². The topological polar surface area (TPSA) is 63.4 Å². The van der Waals surface area contributed by atoms with Crippen LogP contribution in [0.4, 0.5) is 14.5 Å². The van der Waals surface area contributed by atoms with E-state index in [2.05, 4.69) is 0 Å². The van der Waals surface area contributed by atoms with Crippen molar-refractivity contribution in [2.75, 3.05) is 5.73 Å². The van der Waals surface area contributed by atoms with Gasteiger partial charge in [-0.15, -0.1) is 0 Å². The van der Waals surface area contributed by atoms with Crippen LogP contribution in [0.25, 0.3) is 0 Å². The smallest absolute Gasteiger partial charge is 0.246 e. The van der Waals surface area contributed by atoms with E-state index in [-0.39, 0.29) is 17.8 Å². The van der Waals surface area contributed by atoms with Crippen LogP contribution < -0.4 is 5.73 Å². The Labute approximate surface area is 117 Å². The number of halogens is 2. The highest BCUT2D eigenvalue weighted by Crippen LogP contribution is 2.34. The lowest BCUT2D eigenvalue weighted by Crippen LogP contribution is -2.40. The largest absolute Gasteiger partial charge is 0.399 e. The van der Waals surface area contributed by atoms with Crippen LogP contribution in [-0.4, -0.2) is 24.8 Å². The third-order valence-electron chi connectivity index (χ3n) is 3.76. The Morgan fingerprint density at radius 3 is 2.60 bits per heavy atom. The minimum Gasteiger partial charge on any atom is -0.399 e. The summed E-state index contributed by atoms with van der Waals surface area (Å²) in [7, 11) is -4.09. The molecule has 1 aliphatic rings. The highest BCUT2D eigenvalue weighted by atomic mass is 32.2. The molecule has 2 unspecified atom stereocenters. The van der Waals surface area contributed by atoms with Crippen molar-refractivity contribution in [2.45, 2.75) is 50.1 Å². The second-order valence-electron chi connectivity index (χ2n) is 5.14. The first-order valence-electron chi connectivity index (χ1n) is 6.57. The Morgan fingerprint density at radius 2 is 2.00 bits per heavy atom. The van der Waals surface area contributed by atoms with E-state index in [0.717, 1.165) is 18.6 Å². The van der Waals surface area contributed by atoms with E-state index in [0.29, 0.717) is 12.8 Å². The summed E-state index contributed by atoms with van der Waals surface area (Å²) in [5.41, 5.74) is 5.33. The first-order valence-corrected chi connectivity index (χ1v) is 8.01. The minimum atomic E-state index is -4.09. The number of hydrogen-bond donors (Lipinski definition) is 1. The zero-order valence-electron chi connectivity index (χ0n) is 11.4. The van der Waals surface area contributed by atoms with Crippen molar-refractivity contribution in [3.63, 3.8) is 0 Å². The molecule has 1 saturated heterocycles. The Balaban J connectivity index is 2.55.